The van der Waals surface area contributed by atoms with Crippen molar-refractivity contribution in [1.82, 2.24) is 19.9 Å². The van der Waals surface area contributed by atoms with Gasteiger partial charge in [-0.3, -0.25) is 9.88 Å². The van der Waals surface area contributed by atoms with Crippen molar-refractivity contribution in [3.05, 3.63) is 82.2 Å². The quantitative estimate of drug-likeness (QED) is 0.726. The minimum absolute atomic E-state index is 0.0216. The van der Waals surface area contributed by atoms with Gasteiger partial charge in [0.2, 0.25) is 0 Å². The van der Waals surface area contributed by atoms with Crippen molar-refractivity contribution in [2.75, 3.05) is 19.7 Å². The first kappa shape index (κ1) is 18.2. The average molecular weight is 383 g/mol. The molecule has 0 spiro atoms. The molecule has 0 bridgehead atoms. The van der Waals surface area contributed by atoms with E-state index in [1.165, 1.54) is 11.1 Å². The minimum Gasteiger partial charge on any atom is -0.369 e. The second-order valence-corrected chi connectivity index (χ2v) is 7.42. The molecule has 3 heterocycles. The summed E-state index contributed by atoms with van der Waals surface area (Å²) < 4.78 is 6.04. The SMILES string of the molecule is Cc1cc(Cc2cccc(Cl)c2)cc(C2CN(Cc3ncc[nH]3)CCO2)n1. The lowest BCUT2D eigenvalue weighted by Gasteiger charge is -2.32. The van der Waals surface area contributed by atoms with Crippen LogP contribution in [-0.4, -0.2) is 39.5 Å². The molecule has 5 nitrogen and oxygen atoms in total. The maximum atomic E-state index is 6.12. The summed E-state index contributed by atoms with van der Waals surface area (Å²) in [5.74, 6) is 0.981. The van der Waals surface area contributed by atoms with Crippen molar-refractivity contribution in [3.63, 3.8) is 0 Å². The molecule has 2 aromatic heterocycles. The normalized spacial score (nSPS) is 17.9. The Morgan fingerprint density at radius 3 is 3.00 bits per heavy atom. The van der Waals surface area contributed by atoms with Crippen LogP contribution in [0.1, 0.15) is 34.4 Å². The van der Waals surface area contributed by atoms with Crippen LogP contribution in [0.3, 0.4) is 0 Å². The number of nitrogens with zero attached hydrogens (tertiary/aromatic N) is 3. The molecular formula is C21H23ClN4O. The number of imidazole rings is 1. The first-order valence-corrected chi connectivity index (χ1v) is 9.57. The van der Waals surface area contributed by atoms with Gasteiger partial charge in [0.15, 0.2) is 0 Å². The Labute approximate surface area is 164 Å². The third-order valence-corrected chi connectivity index (χ3v) is 4.97. The van der Waals surface area contributed by atoms with E-state index in [2.05, 4.69) is 33.1 Å². The zero-order valence-electron chi connectivity index (χ0n) is 15.4. The molecule has 1 atom stereocenters. The Morgan fingerprint density at radius 2 is 2.19 bits per heavy atom. The number of hydrogen-bond acceptors (Lipinski definition) is 4. The second-order valence-electron chi connectivity index (χ2n) is 6.98. The van der Waals surface area contributed by atoms with Gasteiger partial charge in [-0.15, -0.1) is 0 Å². The molecule has 1 aliphatic rings. The van der Waals surface area contributed by atoms with E-state index in [-0.39, 0.29) is 6.10 Å². The predicted molar refractivity (Wildman–Crippen MR) is 106 cm³/mol. The molecule has 0 saturated carbocycles. The number of pyridine rings is 1. The Kier molecular flexibility index (Phi) is 5.53. The van der Waals surface area contributed by atoms with Crippen LogP contribution in [0.15, 0.2) is 48.8 Å². The maximum absolute atomic E-state index is 6.12. The van der Waals surface area contributed by atoms with Crippen LogP contribution >= 0.6 is 11.6 Å². The van der Waals surface area contributed by atoms with E-state index in [4.69, 9.17) is 21.3 Å². The van der Waals surface area contributed by atoms with E-state index in [1.807, 2.05) is 31.3 Å². The van der Waals surface area contributed by atoms with Crippen LogP contribution < -0.4 is 0 Å². The number of hydrogen-bond donors (Lipinski definition) is 1. The Hall–Kier alpha value is -2.21. The lowest BCUT2D eigenvalue weighted by atomic mass is 10.0. The highest BCUT2D eigenvalue weighted by molar-refractivity contribution is 6.30. The highest BCUT2D eigenvalue weighted by atomic mass is 35.5. The number of morpholine rings is 1. The molecule has 1 saturated heterocycles. The smallest absolute Gasteiger partial charge is 0.120 e. The third kappa shape index (κ3) is 4.75. The average Bonchev–Trinajstić information content (AvgIpc) is 3.14. The Bertz CT molecular complexity index is 897. The van der Waals surface area contributed by atoms with E-state index in [1.54, 1.807) is 6.20 Å². The third-order valence-electron chi connectivity index (χ3n) is 4.74. The zero-order valence-corrected chi connectivity index (χ0v) is 16.1. The Balaban J connectivity index is 1.50. The first-order valence-electron chi connectivity index (χ1n) is 9.20. The summed E-state index contributed by atoms with van der Waals surface area (Å²) in [5, 5.41) is 0.766. The fraction of sp³-hybridized carbons (Fsp3) is 0.333. The highest BCUT2D eigenvalue weighted by Gasteiger charge is 2.24. The molecule has 3 aromatic rings. The van der Waals surface area contributed by atoms with Crippen molar-refractivity contribution >= 4 is 11.6 Å². The van der Waals surface area contributed by atoms with Gasteiger partial charge in [-0.05, 0) is 48.7 Å². The molecule has 1 N–H and O–H groups in total. The number of ether oxygens (including phenoxy) is 1. The summed E-state index contributed by atoms with van der Waals surface area (Å²) in [6, 6.07) is 12.3. The number of benzene rings is 1. The standard InChI is InChI=1S/C21H23ClN4O/c1-15-9-17(10-16-3-2-4-18(22)11-16)12-19(25-15)20-13-26(7-8-27-20)14-21-23-5-6-24-21/h2-6,9,11-12,20H,7-8,10,13-14H2,1H3,(H,23,24). The second kappa shape index (κ2) is 8.21. The topological polar surface area (TPSA) is 54.0 Å². The van der Waals surface area contributed by atoms with Crippen LogP contribution in [-0.2, 0) is 17.7 Å². The lowest BCUT2D eigenvalue weighted by molar-refractivity contribution is -0.0357. The fourth-order valence-corrected chi connectivity index (χ4v) is 3.75. The van der Waals surface area contributed by atoms with Gasteiger partial charge in [-0.1, -0.05) is 23.7 Å². The van der Waals surface area contributed by atoms with Gasteiger partial charge in [-0.25, -0.2) is 4.98 Å². The molecule has 1 fully saturated rings. The van der Waals surface area contributed by atoms with E-state index in [0.29, 0.717) is 6.61 Å². The van der Waals surface area contributed by atoms with E-state index in [9.17, 15) is 0 Å². The molecule has 140 valence electrons. The largest absolute Gasteiger partial charge is 0.369 e. The molecule has 0 aliphatic carbocycles. The summed E-state index contributed by atoms with van der Waals surface area (Å²) in [7, 11) is 0. The van der Waals surface area contributed by atoms with Crippen LogP contribution in [0.2, 0.25) is 5.02 Å². The molecule has 0 radical (unpaired) electrons. The van der Waals surface area contributed by atoms with Crippen molar-refractivity contribution in [2.45, 2.75) is 26.0 Å². The lowest BCUT2D eigenvalue weighted by Crippen LogP contribution is -2.38. The molecule has 1 aromatic carbocycles. The predicted octanol–water partition coefficient (Wildman–Crippen LogP) is 3.93. The molecule has 1 aliphatic heterocycles. The zero-order chi connectivity index (χ0) is 18.6. The number of aromatic amines is 1. The summed E-state index contributed by atoms with van der Waals surface area (Å²) >= 11 is 6.12. The van der Waals surface area contributed by atoms with Crippen LogP contribution in [0.5, 0.6) is 0 Å². The number of nitrogens with one attached hydrogen (secondary N) is 1. The van der Waals surface area contributed by atoms with Crippen LogP contribution in [0.25, 0.3) is 0 Å². The summed E-state index contributed by atoms with van der Waals surface area (Å²) in [6.45, 7) is 5.25. The number of halogens is 1. The monoisotopic (exact) mass is 382 g/mol. The first-order chi connectivity index (χ1) is 13.2. The van der Waals surface area contributed by atoms with Crippen molar-refractivity contribution in [1.29, 1.82) is 0 Å². The van der Waals surface area contributed by atoms with Gasteiger partial charge in [0.05, 0.1) is 18.8 Å². The molecule has 4 rings (SSSR count). The number of H-pyrrole nitrogens is 1. The maximum Gasteiger partial charge on any atom is 0.120 e. The summed E-state index contributed by atoms with van der Waals surface area (Å²) in [6.07, 6.45) is 4.46. The fourth-order valence-electron chi connectivity index (χ4n) is 3.54. The van der Waals surface area contributed by atoms with Crippen molar-refractivity contribution in [3.8, 4) is 0 Å². The molecule has 1 unspecified atom stereocenters. The van der Waals surface area contributed by atoms with E-state index in [0.717, 1.165) is 48.3 Å². The van der Waals surface area contributed by atoms with Gasteiger partial charge in [0.25, 0.3) is 0 Å². The van der Waals surface area contributed by atoms with Gasteiger partial charge < -0.3 is 9.72 Å². The summed E-state index contributed by atoms with van der Waals surface area (Å²) in [5.41, 5.74) is 4.43. The van der Waals surface area contributed by atoms with Gasteiger partial charge in [0, 0.05) is 36.2 Å². The molecule has 0 amide bonds. The summed E-state index contributed by atoms with van der Waals surface area (Å²) in [4.78, 5) is 14.6. The molecule has 6 heteroatoms. The van der Waals surface area contributed by atoms with Gasteiger partial charge in [0.1, 0.15) is 11.9 Å². The van der Waals surface area contributed by atoms with Gasteiger partial charge in [-0.2, -0.15) is 0 Å². The van der Waals surface area contributed by atoms with Crippen molar-refractivity contribution < 1.29 is 4.74 Å². The number of aryl methyl sites for hydroxylation is 1. The number of aromatic nitrogens is 3. The van der Waals surface area contributed by atoms with Crippen LogP contribution in [0, 0.1) is 6.92 Å². The van der Waals surface area contributed by atoms with Crippen molar-refractivity contribution in [2.24, 2.45) is 0 Å². The molecule has 27 heavy (non-hydrogen) atoms. The highest BCUT2D eigenvalue weighted by Crippen LogP contribution is 2.24. The minimum atomic E-state index is -0.0216. The van der Waals surface area contributed by atoms with E-state index < -0.39 is 0 Å². The molecular weight excluding hydrogens is 360 g/mol. The van der Waals surface area contributed by atoms with E-state index >= 15 is 0 Å². The Morgan fingerprint density at radius 1 is 1.26 bits per heavy atom. The van der Waals surface area contributed by atoms with Crippen LogP contribution in [0.4, 0.5) is 0 Å². The number of rotatable bonds is 5. The van der Waals surface area contributed by atoms with Gasteiger partial charge >= 0.3 is 0 Å².